The van der Waals surface area contributed by atoms with Crippen molar-refractivity contribution in [3.63, 3.8) is 0 Å². The first-order chi connectivity index (χ1) is 9.19. The van der Waals surface area contributed by atoms with Crippen LogP contribution in [-0.4, -0.2) is 57.4 Å². The van der Waals surface area contributed by atoms with Crippen molar-refractivity contribution in [3.8, 4) is 0 Å². The highest BCUT2D eigenvalue weighted by Crippen LogP contribution is 2.26. The van der Waals surface area contributed by atoms with Crippen LogP contribution in [0.5, 0.6) is 0 Å². The van der Waals surface area contributed by atoms with Crippen LogP contribution in [0.25, 0.3) is 0 Å². The van der Waals surface area contributed by atoms with E-state index in [1.54, 1.807) is 14.2 Å². The van der Waals surface area contributed by atoms with Gasteiger partial charge in [0.25, 0.3) is 0 Å². The van der Waals surface area contributed by atoms with Gasteiger partial charge in [-0.15, -0.1) is 0 Å². The predicted molar refractivity (Wildman–Crippen MR) is 74.9 cm³/mol. The molecule has 0 aromatic carbocycles. The van der Waals surface area contributed by atoms with E-state index in [9.17, 15) is 4.79 Å². The molecule has 1 amide bonds. The van der Waals surface area contributed by atoms with E-state index in [2.05, 4.69) is 0 Å². The highest BCUT2D eigenvalue weighted by molar-refractivity contribution is 5.76. The molecule has 1 aliphatic carbocycles. The summed E-state index contributed by atoms with van der Waals surface area (Å²) >= 11 is 0. The standard InChI is InChI=1S/C14H28N2O3/c1-18-9-7-16(8-10-19-2)14(17)11-12-5-3-4-6-13(12)15/h12-13H,3-11,15H2,1-2H3. The Bertz CT molecular complexity index is 253. The molecule has 112 valence electrons. The number of hydrogen-bond donors (Lipinski definition) is 1. The summed E-state index contributed by atoms with van der Waals surface area (Å²) in [4.78, 5) is 14.2. The number of carbonyl (C=O) groups excluding carboxylic acids is 1. The average molecular weight is 272 g/mol. The molecule has 0 bridgehead atoms. The number of hydrogen-bond acceptors (Lipinski definition) is 4. The van der Waals surface area contributed by atoms with Crippen molar-refractivity contribution in [2.24, 2.45) is 11.7 Å². The molecule has 0 heterocycles. The van der Waals surface area contributed by atoms with Crippen LogP contribution in [0.2, 0.25) is 0 Å². The SMILES string of the molecule is COCCN(CCOC)C(=O)CC1CCCCC1N. The Balaban J connectivity index is 2.44. The van der Waals surface area contributed by atoms with Gasteiger partial charge < -0.3 is 20.1 Å². The molecule has 1 fully saturated rings. The van der Waals surface area contributed by atoms with Crippen LogP contribution in [0.4, 0.5) is 0 Å². The van der Waals surface area contributed by atoms with Gasteiger partial charge in [-0.1, -0.05) is 12.8 Å². The first kappa shape index (κ1) is 16.4. The molecular weight excluding hydrogens is 244 g/mol. The minimum atomic E-state index is 0.177. The fraction of sp³-hybridized carbons (Fsp3) is 0.929. The van der Waals surface area contributed by atoms with Crippen molar-refractivity contribution in [2.75, 3.05) is 40.5 Å². The summed E-state index contributed by atoms with van der Waals surface area (Å²) in [6, 6.07) is 0.185. The number of carbonyl (C=O) groups is 1. The molecule has 2 atom stereocenters. The molecule has 0 radical (unpaired) electrons. The molecule has 0 saturated heterocycles. The van der Waals surface area contributed by atoms with E-state index >= 15 is 0 Å². The van der Waals surface area contributed by atoms with Crippen molar-refractivity contribution in [1.29, 1.82) is 0 Å². The fourth-order valence-corrected chi connectivity index (χ4v) is 2.61. The van der Waals surface area contributed by atoms with Crippen LogP contribution in [0.3, 0.4) is 0 Å². The highest BCUT2D eigenvalue weighted by Gasteiger charge is 2.26. The first-order valence-electron chi connectivity index (χ1n) is 7.20. The van der Waals surface area contributed by atoms with E-state index in [-0.39, 0.29) is 11.9 Å². The maximum atomic E-state index is 12.3. The molecule has 1 saturated carbocycles. The van der Waals surface area contributed by atoms with E-state index < -0.39 is 0 Å². The van der Waals surface area contributed by atoms with Gasteiger partial charge in [0.2, 0.25) is 5.91 Å². The van der Waals surface area contributed by atoms with Gasteiger partial charge in [-0.25, -0.2) is 0 Å². The van der Waals surface area contributed by atoms with Crippen LogP contribution >= 0.6 is 0 Å². The molecule has 0 aromatic rings. The Labute approximate surface area is 116 Å². The lowest BCUT2D eigenvalue weighted by Crippen LogP contribution is -2.41. The summed E-state index contributed by atoms with van der Waals surface area (Å²) < 4.78 is 10.1. The van der Waals surface area contributed by atoms with Crippen LogP contribution in [0.15, 0.2) is 0 Å². The monoisotopic (exact) mass is 272 g/mol. The van der Waals surface area contributed by atoms with Gasteiger partial charge in [-0.05, 0) is 18.8 Å². The molecular formula is C14H28N2O3. The van der Waals surface area contributed by atoms with E-state index in [1.807, 2.05) is 4.90 Å². The van der Waals surface area contributed by atoms with Crippen molar-refractivity contribution in [1.82, 2.24) is 4.90 Å². The Morgan fingerprint density at radius 3 is 2.26 bits per heavy atom. The largest absolute Gasteiger partial charge is 0.383 e. The predicted octanol–water partition coefficient (Wildman–Crippen LogP) is 1.02. The van der Waals surface area contributed by atoms with Gasteiger partial charge >= 0.3 is 0 Å². The second kappa shape index (κ2) is 9.28. The second-order valence-corrected chi connectivity index (χ2v) is 5.28. The summed E-state index contributed by atoms with van der Waals surface area (Å²) in [6.07, 6.45) is 5.09. The van der Waals surface area contributed by atoms with Crippen molar-refractivity contribution in [2.45, 2.75) is 38.1 Å². The van der Waals surface area contributed by atoms with E-state index in [0.717, 1.165) is 12.8 Å². The molecule has 0 aliphatic heterocycles. The molecule has 2 N–H and O–H groups in total. The van der Waals surface area contributed by atoms with Gasteiger partial charge in [0.1, 0.15) is 0 Å². The molecule has 5 nitrogen and oxygen atoms in total. The van der Waals surface area contributed by atoms with Gasteiger partial charge in [0.15, 0.2) is 0 Å². The Kier molecular flexibility index (Phi) is 8.02. The lowest BCUT2D eigenvalue weighted by Gasteiger charge is -2.30. The topological polar surface area (TPSA) is 64.8 Å². The van der Waals surface area contributed by atoms with E-state index in [4.69, 9.17) is 15.2 Å². The third-order valence-corrected chi connectivity index (χ3v) is 3.89. The third-order valence-electron chi connectivity index (χ3n) is 3.89. The normalized spacial score (nSPS) is 23.3. The minimum Gasteiger partial charge on any atom is -0.383 e. The Morgan fingerprint density at radius 2 is 1.74 bits per heavy atom. The summed E-state index contributed by atoms with van der Waals surface area (Å²) in [5.41, 5.74) is 6.11. The summed E-state index contributed by atoms with van der Waals surface area (Å²) in [7, 11) is 3.30. The lowest BCUT2D eigenvalue weighted by molar-refractivity contribution is -0.133. The number of methoxy groups -OCH3 is 2. The summed E-state index contributed by atoms with van der Waals surface area (Å²) in [5.74, 6) is 0.519. The van der Waals surface area contributed by atoms with Crippen molar-refractivity contribution >= 4 is 5.91 Å². The number of rotatable bonds is 8. The van der Waals surface area contributed by atoms with Crippen LogP contribution in [-0.2, 0) is 14.3 Å². The number of amides is 1. The van der Waals surface area contributed by atoms with Crippen LogP contribution in [0.1, 0.15) is 32.1 Å². The number of nitrogens with zero attached hydrogens (tertiary/aromatic N) is 1. The van der Waals surface area contributed by atoms with Gasteiger partial charge in [-0.3, -0.25) is 4.79 Å². The van der Waals surface area contributed by atoms with Crippen LogP contribution in [0, 0.1) is 5.92 Å². The lowest BCUT2D eigenvalue weighted by atomic mass is 9.83. The maximum Gasteiger partial charge on any atom is 0.223 e. The molecule has 2 unspecified atom stereocenters. The summed E-state index contributed by atoms with van der Waals surface area (Å²) in [5, 5.41) is 0. The van der Waals surface area contributed by atoms with Crippen LogP contribution < -0.4 is 5.73 Å². The highest BCUT2D eigenvalue weighted by atomic mass is 16.5. The number of ether oxygens (including phenoxy) is 2. The molecule has 5 heteroatoms. The molecule has 1 aliphatic rings. The zero-order valence-electron chi connectivity index (χ0n) is 12.3. The molecule has 0 aromatic heterocycles. The number of nitrogens with two attached hydrogens (primary N) is 1. The van der Waals surface area contributed by atoms with Gasteiger partial charge in [-0.2, -0.15) is 0 Å². The van der Waals surface area contributed by atoms with Gasteiger partial charge in [0, 0.05) is 39.8 Å². The van der Waals surface area contributed by atoms with E-state index in [0.29, 0.717) is 38.6 Å². The zero-order valence-corrected chi connectivity index (χ0v) is 12.3. The first-order valence-corrected chi connectivity index (χ1v) is 7.20. The zero-order chi connectivity index (χ0) is 14.1. The fourth-order valence-electron chi connectivity index (χ4n) is 2.61. The summed E-state index contributed by atoms with van der Waals surface area (Å²) in [6.45, 7) is 2.37. The Hall–Kier alpha value is -0.650. The van der Waals surface area contributed by atoms with E-state index in [1.165, 1.54) is 12.8 Å². The maximum absolute atomic E-state index is 12.3. The molecule has 0 spiro atoms. The smallest absolute Gasteiger partial charge is 0.223 e. The van der Waals surface area contributed by atoms with Crippen molar-refractivity contribution in [3.05, 3.63) is 0 Å². The second-order valence-electron chi connectivity index (χ2n) is 5.28. The average Bonchev–Trinajstić information content (AvgIpc) is 2.41. The minimum absolute atomic E-state index is 0.177. The molecule has 1 rings (SSSR count). The van der Waals surface area contributed by atoms with Crippen molar-refractivity contribution < 1.29 is 14.3 Å². The molecule has 19 heavy (non-hydrogen) atoms. The third kappa shape index (κ3) is 5.89. The quantitative estimate of drug-likeness (QED) is 0.716. The van der Waals surface area contributed by atoms with Gasteiger partial charge in [0.05, 0.1) is 13.2 Å². The Morgan fingerprint density at radius 1 is 1.16 bits per heavy atom.